The van der Waals surface area contributed by atoms with Gasteiger partial charge in [-0.2, -0.15) is 0 Å². The third kappa shape index (κ3) is 6.60. The molecule has 1 fully saturated rings. The molecule has 1 aliphatic heterocycles. The van der Waals surface area contributed by atoms with Crippen molar-refractivity contribution in [1.29, 1.82) is 0 Å². The Kier molecular flexibility index (Phi) is 8.57. The minimum absolute atomic E-state index is 0.0461. The number of non-ortho nitro benzene ring substituents is 1. The molecule has 4 rings (SSSR count). The van der Waals surface area contributed by atoms with Crippen LogP contribution in [0.2, 0.25) is 5.02 Å². The quantitative estimate of drug-likeness (QED) is 0.113. The number of halogens is 1. The average molecular weight is 550 g/mol. The number of benzene rings is 3. The van der Waals surface area contributed by atoms with Crippen LogP contribution < -0.4 is 19.7 Å². The average Bonchev–Trinajstić information content (AvgIpc) is 2.91. The highest BCUT2D eigenvalue weighted by atomic mass is 35.5. The van der Waals surface area contributed by atoms with Crippen LogP contribution in [0.25, 0.3) is 6.08 Å². The Balaban J connectivity index is 1.57. The number of unbranched alkanes of at least 4 members (excludes halogenated alkanes) is 1. The zero-order chi connectivity index (χ0) is 27.9. The number of rotatable bonds is 10. The first kappa shape index (κ1) is 27.3. The number of nitro benzene ring substituents is 1. The summed E-state index contributed by atoms with van der Waals surface area (Å²) in [5, 5.41) is 13.4. The molecule has 39 heavy (non-hydrogen) atoms. The number of nitro groups is 1. The highest BCUT2D eigenvalue weighted by Gasteiger charge is 2.37. The molecule has 3 aromatic carbocycles. The summed E-state index contributed by atoms with van der Waals surface area (Å²) in [6.45, 7) is 2.67. The third-order valence-electron chi connectivity index (χ3n) is 5.78. The predicted molar refractivity (Wildman–Crippen MR) is 145 cm³/mol. The van der Waals surface area contributed by atoms with E-state index >= 15 is 0 Å². The zero-order valence-corrected chi connectivity index (χ0v) is 21.6. The summed E-state index contributed by atoms with van der Waals surface area (Å²) in [5.74, 6) is -0.771. The maximum Gasteiger partial charge on any atom is 0.335 e. The largest absolute Gasteiger partial charge is 0.494 e. The lowest BCUT2D eigenvalue weighted by Gasteiger charge is -2.26. The fourth-order valence-electron chi connectivity index (χ4n) is 3.71. The van der Waals surface area contributed by atoms with E-state index in [0.717, 1.165) is 17.7 Å². The molecule has 0 aromatic heterocycles. The van der Waals surface area contributed by atoms with E-state index in [9.17, 15) is 24.5 Å². The molecular formula is C28H24ClN3O7. The molecule has 0 radical (unpaired) electrons. The molecule has 1 saturated heterocycles. The predicted octanol–water partition coefficient (Wildman–Crippen LogP) is 5.67. The Morgan fingerprint density at radius 1 is 1.00 bits per heavy atom. The van der Waals surface area contributed by atoms with Gasteiger partial charge in [-0.1, -0.05) is 24.9 Å². The van der Waals surface area contributed by atoms with Crippen molar-refractivity contribution in [3.05, 3.63) is 98.6 Å². The van der Waals surface area contributed by atoms with Gasteiger partial charge in [0.15, 0.2) is 0 Å². The Morgan fingerprint density at radius 3 is 2.38 bits per heavy atom. The van der Waals surface area contributed by atoms with Crippen LogP contribution in [-0.2, 0) is 16.2 Å². The topological polar surface area (TPSA) is 128 Å². The molecule has 200 valence electrons. The molecular weight excluding hydrogens is 526 g/mol. The molecule has 1 N–H and O–H groups in total. The Morgan fingerprint density at radius 2 is 1.72 bits per heavy atom. The van der Waals surface area contributed by atoms with Crippen LogP contribution >= 0.6 is 11.6 Å². The molecule has 0 atom stereocenters. The second-order valence-electron chi connectivity index (χ2n) is 8.55. The van der Waals surface area contributed by atoms with Gasteiger partial charge in [0.1, 0.15) is 23.7 Å². The van der Waals surface area contributed by atoms with Crippen molar-refractivity contribution in [3.63, 3.8) is 0 Å². The number of nitrogens with zero attached hydrogens (tertiary/aromatic N) is 2. The van der Waals surface area contributed by atoms with Crippen LogP contribution in [0, 0.1) is 10.1 Å². The number of hydrogen-bond acceptors (Lipinski definition) is 7. The maximum absolute atomic E-state index is 13.3. The van der Waals surface area contributed by atoms with Gasteiger partial charge in [0.2, 0.25) is 0 Å². The van der Waals surface area contributed by atoms with Gasteiger partial charge >= 0.3 is 6.03 Å². The van der Waals surface area contributed by atoms with Gasteiger partial charge in [-0.15, -0.1) is 0 Å². The standard InChI is InChI=1S/C28H24ClN3O7/c1-2-3-14-38-23-11-9-21(10-12-23)31-27(34)24(26(33)30-28(31)35)16-19-15-20(29)6-13-25(19)39-17-18-4-7-22(8-5-18)32(36)37/h4-13,15-16H,2-3,14,17H2,1H3,(H,30,33,35)/b24-16-. The smallest absolute Gasteiger partial charge is 0.335 e. The Bertz CT molecular complexity index is 1440. The number of anilines is 1. The van der Waals surface area contributed by atoms with E-state index in [1.807, 2.05) is 0 Å². The van der Waals surface area contributed by atoms with Crippen LogP contribution in [0.5, 0.6) is 11.5 Å². The summed E-state index contributed by atoms with van der Waals surface area (Å²) >= 11 is 6.17. The fraction of sp³-hybridized carbons (Fsp3) is 0.179. The number of amides is 4. The number of hydrogen-bond donors (Lipinski definition) is 1. The van der Waals surface area contributed by atoms with E-state index in [1.54, 1.807) is 48.5 Å². The van der Waals surface area contributed by atoms with Crippen LogP contribution in [0.15, 0.2) is 72.3 Å². The maximum atomic E-state index is 13.3. The lowest BCUT2D eigenvalue weighted by Crippen LogP contribution is -2.54. The Hall–Kier alpha value is -4.70. The van der Waals surface area contributed by atoms with E-state index in [-0.39, 0.29) is 23.6 Å². The lowest BCUT2D eigenvalue weighted by molar-refractivity contribution is -0.384. The van der Waals surface area contributed by atoms with Gasteiger partial charge in [-0.05, 0) is 72.7 Å². The normalized spacial score (nSPS) is 14.4. The van der Waals surface area contributed by atoms with Crippen molar-refractivity contribution < 1.29 is 28.8 Å². The zero-order valence-electron chi connectivity index (χ0n) is 20.9. The van der Waals surface area contributed by atoms with Gasteiger partial charge in [-0.25, -0.2) is 9.69 Å². The molecule has 11 heteroatoms. The van der Waals surface area contributed by atoms with E-state index < -0.39 is 22.8 Å². The van der Waals surface area contributed by atoms with Gasteiger partial charge in [0, 0.05) is 22.7 Å². The number of urea groups is 1. The summed E-state index contributed by atoms with van der Waals surface area (Å²) in [6.07, 6.45) is 3.19. The second kappa shape index (κ2) is 12.2. The SMILES string of the molecule is CCCCOc1ccc(N2C(=O)NC(=O)/C(=C/c3cc(Cl)ccc3OCc3ccc([N+](=O)[O-])cc3)C2=O)cc1. The van der Waals surface area contributed by atoms with E-state index in [1.165, 1.54) is 24.3 Å². The molecule has 4 amide bonds. The number of imide groups is 2. The highest BCUT2D eigenvalue weighted by Crippen LogP contribution is 2.29. The number of carbonyl (C=O) groups is 3. The van der Waals surface area contributed by atoms with E-state index in [4.69, 9.17) is 21.1 Å². The van der Waals surface area contributed by atoms with Crippen LogP contribution in [0.3, 0.4) is 0 Å². The summed E-state index contributed by atoms with van der Waals surface area (Å²) < 4.78 is 11.5. The molecule has 1 heterocycles. The lowest BCUT2D eigenvalue weighted by atomic mass is 10.1. The number of barbiturate groups is 1. The van der Waals surface area contributed by atoms with Crippen molar-refractivity contribution in [2.24, 2.45) is 0 Å². The first-order chi connectivity index (χ1) is 18.8. The Labute approximate surface area is 228 Å². The molecule has 0 aliphatic carbocycles. The van der Waals surface area contributed by atoms with Gasteiger partial charge in [0.25, 0.3) is 17.5 Å². The minimum Gasteiger partial charge on any atom is -0.494 e. The van der Waals surface area contributed by atoms with Crippen molar-refractivity contribution >= 4 is 46.9 Å². The van der Waals surface area contributed by atoms with E-state index in [0.29, 0.717) is 34.3 Å². The van der Waals surface area contributed by atoms with Gasteiger partial charge in [-0.3, -0.25) is 25.0 Å². The molecule has 0 saturated carbocycles. The summed E-state index contributed by atoms with van der Waals surface area (Å²) in [5.41, 5.74) is 0.923. The first-order valence-corrected chi connectivity index (χ1v) is 12.4. The monoisotopic (exact) mass is 549 g/mol. The highest BCUT2D eigenvalue weighted by molar-refractivity contribution is 6.39. The first-order valence-electron chi connectivity index (χ1n) is 12.1. The van der Waals surface area contributed by atoms with Crippen molar-refractivity contribution in [2.45, 2.75) is 26.4 Å². The van der Waals surface area contributed by atoms with Crippen LogP contribution in [0.4, 0.5) is 16.2 Å². The third-order valence-corrected chi connectivity index (χ3v) is 6.01. The molecule has 0 unspecified atom stereocenters. The minimum atomic E-state index is -0.873. The molecule has 0 bridgehead atoms. The number of nitrogens with one attached hydrogen (secondary N) is 1. The van der Waals surface area contributed by atoms with Crippen molar-refractivity contribution in [1.82, 2.24) is 5.32 Å². The fourth-order valence-corrected chi connectivity index (χ4v) is 3.89. The van der Waals surface area contributed by atoms with Crippen LogP contribution in [0.1, 0.15) is 30.9 Å². The van der Waals surface area contributed by atoms with Gasteiger partial charge < -0.3 is 9.47 Å². The van der Waals surface area contributed by atoms with Gasteiger partial charge in [0.05, 0.1) is 17.2 Å². The van der Waals surface area contributed by atoms with E-state index in [2.05, 4.69) is 12.2 Å². The molecule has 10 nitrogen and oxygen atoms in total. The molecule has 3 aromatic rings. The van der Waals surface area contributed by atoms with Crippen LogP contribution in [-0.4, -0.2) is 29.4 Å². The number of carbonyl (C=O) groups excluding carboxylic acids is 3. The number of ether oxygens (including phenoxy) is 2. The molecule has 0 spiro atoms. The summed E-state index contributed by atoms with van der Waals surface area (Å²) in [4.78, 5) is 49.8. The molecule has 1 aliphatic rings. The second-order valence-corrected chi connectivity index (χ2v) is 8.98. The summed E-state index contributed by atoms with van der Waals surface area (Å²) in [7, 11) is 0. The van der Waals surface area contributed by atoms with Crippen molar-refractivity contribution in [3.8, 4) is 11.5 Å². The summed E-state index contributed by atoms with van der Waals surface area (Å²) in [6, 6.07) is 16.1. The van der Waals surface area contributed by atoms with Crippen molar-refractivity contribution in [2.75, 3.05) is 11.5 Å².